The zero-order chi connectivity index (χ0) is 23.5. The molecule has 0 aliphatic rings. The number of hydrogen-bond donors (Lipinski definition) is 2. The van der Waals surface area contributed by atoms with E-state index in [1.807, 2.05) is 0 Å². The number of benzene rings is 3. The van der Waals surface area contributed by atoms with E-state index in [0.29, 0.717) is 16.3 Å². The Hall–Kier alpha value is -3.08. The number of nitrogens with one attached hydrogen (secondary N) is 1. The van der Waals surface area contributed by atoms with Crippen molar-refractivity contribution in [3.05, 3.63) is 82.9 Å². The first-order chi connectivity index (χ1) is 14.9. The Labute approximate surface area is 186 Å². The largest absolute Gasteiger partial charge is 0.456 e. The lowest BCUT2D eigenvalue weighted by molar-refractivity contribution is -0.137. The van der Waals surface area contributed by atoms with Crippen LogP contribution in [0.5, 0.6) is 11.5 Å². The van der Waals surface area contributed by atoms with Crippen LogP contribution in [-0.4, -0.2) is 14.3 Å². The van der Waals surface area contributed by atoms with Gasteiger partial charge in [-0.15, -0.1) is 0 Å². The van der Waals surface area contributed by atoms with Gasteiger partial charge in [0.25, 0.3) is 0 Å². The number of anilines is 1. The van der Waals surface area contributed by atoms with Crippen molar-refractivity contribution in [2.24, 2.45) is 5.14 Å². The number of nitrogens with two attached hydrogens (primary N) is 1. The third-order valence-electron chi connectivity index (χ3n) is 4.22. The quantitative estimate of drug-likeness (QED) is 0.515. The summed E-state index contributed by atoms with van der Waals surface area (Å²) in [6.45, 7) is 0. The van der Waals surface area contributed by atoms with Crippen LogP contribution in [-0.2, 0) is 27.4 Å². The molecular formula is C21H16ClF3N2O4S. The van der Waals surface area contributed by atoms with Crippen molar-refractivity contribution in [2.75, 3.05) is 5.32 Å². The second-order valence-corrected chi connectivity index (χ2v) is 8.65. The van der Waals surface area contributed by atoms with Gasteiger partial charge in [0.05, 0.1) is 12.0 Å². The third kappa shape index (κ3) is 6.22. The summed E-state index contributed by atoms with van der Waals surface area (Å²) >= 11 is 5.81. The molecule has 0 atom stereocenters. The fourth-order valence-corrected chi connectivity index (χ4v) is 3.53. The van der Waals surface area contributed by atoms with E-state index < -0.39 is 27.7 Å². The molecule has 0 aromatic heterocycles. The summed E-state index contributed by atoms with van der Waals surface area (Å²) in [4.78, 5) is 11.9. The van der Waals surface area contributed by atoms with E-state index in [1.54, 1.807) is 12.1 Å². The van der Waals surface area contributed by atoms with Crippen molar-refractivity contribution in [1.29, 1.82) is 0 Å². The maximum Gasteiger partial charge on any atom is 0.416 e. The Balaban J connectivity index is 1.76. The molecule has 0 bridgehead atoms. The van der Waals surface area contributed by atoms with Crippen molar-refractivity contribution in [1.82, 2.24) is 0 Å². The molecule has 0 unspecified atom stereocenters. The zero-order valence-corrected chi connectivity index (χ0v) is 17.8. The number of carbonyl (C=O) groups is 1. The summed E-state index contributed by atoms with van der Waals surface area (Å²) in [6.07, 6.45) is -4.69. The van der Waals surface area contributed by atoms with Gasteiger partial charge in [-0.2, -0.15) is 13.2 Å². The molecule has 3 N–H and O–H groups in total. The average Bonchev–Trinajstić information content (AvgIpc) is 2.69. The summed E-state index contributed by atoms with van der Waals surface area (Å²) in [5.41, 5.74) is -0.352. The average molecular weight is 485 g/mol. The maximum atomic E-state index is 12.6. The minimum Gasteiger partial charge on any atom is -0.456 e. The van der Waals surface area contributed by atoms with Gasteiger partial charge in [0, 0.05) is 10.7 Å². The number of sulfonamides is 1. The molecule has 0 aliphatic carbocycles. The van der Waals surface area contributed by atoms with Gasteiger partial charge in [0.1, 0.15) is 16.4 Å². The molecule has 0 fully saturated rings. The third-order valence-corrected chi connectivity index (χ3v) is 5.41. The van der Waals surface area contributed by atoms with Gasteiger partial charge in [-0.1, -0.05) is 23.7 Å². The minimum atomic E-state index is -4.47. The topological polar surface area (TPSA) is 98.5 Å². The van der Waals surface area contributed by atoms with E-state index in [2.05, 4.69) is 5.32 Å². The Bertz CT molecular complexity index is 1230. The zero-order valence-electron chi connectivity index (χ0n) is 16.2. The van der Waals surface area contributed by atoms with Crippen molar-refractivity contribution in [3.8, 4) is 11.5 Å². The first-order valence-corrected chi connectivity index (χ1v) is 10.9. The van der Waals surface area contributed by atoms with E-state index >= 15 is 0 Å². The number of carbonyl (C=O) groups excluding carboxylic acids is 1. The molecule has 0 radical (unpaired) electrons. The first-order valence-electron chi connectivity index (χ1n) is 8.98. The van der Waals surface area contributed by atoms with Crippen molar-refractivity contribution >= 4 is 33.2 Å². The molecule has 0 aliphatic heterocycles. The number of hydrogen-bond acceptors (Lipinski definition) is 4. The standard InChI is InChI=1S/C21H16ClF3N2O4S/c22-15-5-8-17(9-6-15)31-18-10-7-16(12-19(18)32(26,29)30)27-20(28)11-13-1-3-14(4-2-13)21(23,24)25/h1-10,12H,11H2,(H,27,28)(H2,26,29,30). The van der Waals surface area contributed by atoms with Crippen molar-refractivity contribution < 1.29 is 31.1 Å². The van der Waals surface area contributed by atoms with Gasteiger partial charge in [-0.3, -0.25) is 4.79 Å². The lowest BCUT2D eigenvalue weighted by Crippen LogP contribution is -2.17. The molecule has 0 spiro atoms. The molecule has 3 rings (SSSR count). The van der Waals surface area contributed by atoms with Gasteiger partial charge in [0.15, 0.2) is 0 Å². The smallest absolute Gasteiger partial charge is 0.416 e. The molecule has 168 valence electrons. The Morgan fingerprint density at radius 2 is 1.62 bits per heavy atom. The molecule has 6 nitrogen and oxygen atoms in total. The molecule has 32 heavy (non-hydrogen) atoms. The molecule has 0 saturated carbocycles. The monoisotopic (exact) mass is 484 g/mol. The van der Waals surface area contributed by atoms with Crippen LogP contribution in [0.1, 0.15) is 11.1 Å². The Kier molecular flexibility index (Phi) is 6.77. The summed E-state index contributed by atoms with van der Waals surface area (Å²) in [5, 5.41) is 8.23. The van der Waals surface area contributed by atoms with Crippen molar-refractivity contribution in [3.63, 3.8) is 0 Å². The summed E-state index contributed by atoms with van der Waals surface area (Å²) < 4.78 is 67.5. The van der Waals surface area contributed by atoms with Gasteiger partial charge < -0.3 is 10.1 Å². The van der Waals surface area contributed by atoms with Crippen LogP contribution < -0.4 is 15.2 Å². The molecular weight excluding hydrogens is 469 g/mol. The fraction of sp³-hybridized carbons (Fsp3) is 0.0952. The summed E-state index contributed by atoms with van der Waals surface area (Å²) in [6, 6.07) is 14.2. The predicted molar refractivity (Wildman–Crippen MR) is 113 cm³/mol. The number of primary sulfonamides is 1. The number of amides is 1. The minimum absolute atomic E-state index is 0.0597. The molecule has 3 aromatic rings. The summed E-state index contributed by atoms with van der Waals surface area (Å²) in [5.74, 6) is -0.301. The Morgan fingerprint density at radius 1 is 1.00 bits per heavy atom. The Morgan fingerprint density at radius 3 is 2.19 bits per heavy atom. The van der Waals surface area contributed by atoms with Crippen LogP contribution in [0.15, 0.2) is 71.6 Å². The molecule has 11 heteroatoms. The highest BCUT2D eigenvalue weighted by Crippen LogP contribution is 2.32. The van der Waals surface area contributed by atoms with Crippen LogP contribution in [0.3, 0.4) is 0 Å². The highest BCUT2D eigenvalue weighted by atomic mass is 35.5. The van der Waals surface area contributed by atoms with Crippen LogP contribution in [0.25, 0.3) is 0 Å². The number of halogens is 4. The molecule has 0 saturated heterocycles. The number of rotatable bonds is 6. The number of alkyl halides is 3. The van der Waals surface area contributed by atoms with E-state index in [4.69, 9.17) is 21.5 Å². The van der Waals surface area contributed by atoms with E-state index in [-0.39, 0.29) is 22.8 Å². The molecule has 3 aromatic carbocycles. The fourth-order valence-electron chi connectivity index (χ4n) is 2.72. The van der Waals surface area contributed by atoms with Gasteiger partial charge in [-0.25, -0.2) is 13.6 Å². The van der Waals surface area contributed by atoms with Crippen LogP contribution in [0.2, 0.25) is 5.02 Å². The normalized spacial score (nSPS) is 11.8. The van der Waals surface area contributed by atoms with Crippen LogP contribution >= 0.6 is 11.6 Å². The first kappa shape index (κ1) is 23.6. The van der Waals surface area contributed by atoms with E-state index in [9.17, 15) is 26.4 Å². The predicted octanol–water partition coefficient (Wildman–Crippen LogP) is 4.98. The summed E-state index contributed by atoms with van der Waals surface area (Å²) in [7, 11) is -4.21. The lowest BCUT2D eigenvalue weighted by atomic mass is 10.1. The van der Waals surface area contributed by atoms with Gasteiger partial charge in [0.2, 0.25) is 15.9 Å². The maximum absolute atomic E-state index is 12.6. The molecule has 1 amide bonds. The van der Waals surface area contributed by atoms with Gasteiger partial charge in [-0.05, 0) is 60.2 Å². The van der Waals surface area contributed by atoms with Crippen molar-refractivity contribution in [2.45, 2.75) is 17.5 Å². The second-order valence-electron chi connectivity index (χ2n) is 6.68. The second kappa shape index (κ2) is 9.19. The molecule has 0 heterocycles. The lowest BCUT2D eigenvalue weighted by Gasteiger charge is -2.13. The SMILES string of the molecule is NS(=O)(=O)c1cc(NC(=O)Cc2ccc(C(F)(F)F)cc2)ccc1Oc1ccc(Cl)cc1. The highest BCUT2D eigenvalue weighted by molar-refractivity contribution is 7.89. The van der Waals surface area contributed by atoms with Crippen LogP contribution in [0.4, 0.5) is 18.9 Å². The van der Waals surface area contributed by atoms with E-state index in [0.717, 1.165) is 18.2 Å². The highest BCUT2D eigenvalue weighted by Gasteiger charge is 2.30. The van der Waals surface area contributed by atoms with Gasteiger partial charge >= 0.3 is 6.18 Å². The van der Waals surface area contributed by atoms with Crippen LogP contribution in [0, 0.1) is 0 Å². The number of ether oxygens (including phenoxy) is 1. The van der Waals surface area contributed by atoms with E-state index in [1.165, 1.54) is 36.4 Å².